The summed E-state index contributed by atoms with van der Waals surface area (Å²) < 4.78 is 12.8. The van der Waals surface area contributed by atoms with Gasteiger partial charge in [0.2, 0.25) is 0 Å². The van der Waals surface area contributed by atoms with E-state index in [1.54, 1.807) is 6.20 Å². The molecule has 0 fully saturated rings. The van der Waals surface area contributed by atoms with Crippen LogP contribution in [-0.2, 0) is 6.54 Å². The molecule has 0 aromatic carbocycles. The van der Waals surface area contributed by atoms with Crippen molar-refractivity contribution in [3.8, 4) is 6.07 Å². The third kappa shape index (κ3) is 4.05. The number of hydrogen-bond acceptors (Lipinski definition) is 3. The van der Waals surface area contributed by atoms with Gasteiger partial charge in [-0.2, -0.15) is 5.26 Å². The summed E-state index contributed by atoms with van der Waals surface area (Å²) in [5.41, 5.74) is 0.804. The number of nitrogens with zero attached hydrogens (tertiary/aromatic N) is 3. The largest absolute Gasteiger partial charge is 0.286 e. The van der Waals surface area contributed by atoms with Gasteiger partial charge in [0.15, 0.2) is 0 Å². The lowest BCUT2D eigenvalue weighted by atomic mass is 10.2. The fraction of sp³-hybridized carbons (Fsp3) is 0.455. The highest BCUT2D eigenvalue weighted by molar-refractivity contribution is 5.10. The minimum Gasteiger partial charge on any atom is -0.286 e. The van der Waals surface area contributed by atoms with Crippen molar-refractivity contribution in [2.75, 3.05) is 13.1 Å². The van der Waals surface area contributed by atoms with Crippen molar-refractivity contribution < 1.29 is 4.39 Å². The van der Waals surface area contributed by atoms with Crippen LogP contribution in [0, 0.1) is 17.1 Å². The van der Waals surface area contributed by atoms with Gasteiger partial charge in [-0.1, -0.05) is 6.92 Å². The molecular formula is C11H14FN3. The van der Waals surface area contributed by atoms with Crippen molar-refractivity contribution in [1.82, 2.24) is 9.88 Å². The molecule has 3 nitrogen and oxygen atoms in total. The summed E-state index contributed by atoms with van der Waals surface area (Å²) in [5.74, 6) is -0.332. The van der Waals surface area contributed by atoms with Crippen LogP contribution < -0.4 is 0 Å². The zero-order chi connectivity index (χ0) is 11.1. The second-order valence-corrected chi connectivity index (χ2v) is 3.38. The molecule has 0 saturated heterocycles. The first-order valence-electron chi connectivity index (χ1n) is 4.95. The first kappa shape index (κ1) is 11.6. The van der Waals surface area contributed by atoms with Gasteiger partial charge in [0, 0.05) is 12.7 Å². The second kappa shape index (κ2) is 6.10. The topological polar surface area (TPSA) is 39.9 Å². The maximum Gasteiger partial charge on any atom is 0.141 e. The molecule has 1 aromatic heterocycles. The van der Waals surface area contributed by atoms with Crippen LogP contribution >= 0.6 is 0 Å². The van der Waals surface area contributed by atoms with Gasteiger partial charge in [-0.15, -0.1) is 0 Å². The van der Waals surface area contributed by atoms with E-state index in [-0.39, 0.29) is 5.82 Å². The van der Waals surface area contributed by atoms with E-state index in [2.05, 4.69) is 11.1 Å². The smallest absolute Gasteiger partial charge is 0.141 e. The summed E-state index contributed by atoms with van der Waals surface area (Å²) in [6.07, 6.45) is 3.78. The van der Waals surface area contributed by atoms with E-state index in [9.17, 15) is 4.39 Å². The van der Waals surface area contributed by atoms with Crippen LogP contribution in [0.2, 0.25) is 0 Å². The Kier molecular flexibility index (Phi) is 4.72. The molecule has 0 aliphatic rings. The summed E-state index contributed by atoms with van der Waals surface area (Å²) in [4.78, 5) is 5.74. The van der Waals surface area contributed by atoms with Crippen molar-refractivity contribution in [2.24, 2.45) is 0 Å². The Hall–Kier alpha value is -1.47. The molecule has 0 aliphatic carbocycles. The molecule has 0 amide bonds. The van der Waals surface area contributed by atoms with Gasteiger partial charge in [0.1, 0.15) is 5.82 Å². The van der Waals surface area contributed by atoms with E-state index in [0.29, 0.717) is 13.1 Å². The second-order valence-electron chi connectivity index (χ2n) is 3.38. The Labute approximate surface area is 89.2 Å². The molecule has 0 N–H and O–H groups in total. The average Bonchev–Trinajstić information content (AvgIpc) is 2.18. The normalized spacial score (nSPS) is 10.3. The Bertz CT molecular complexity index is 346. The van der Waals surface area contributed by atoms with Crippen LogP contribution in [0.3, 0.4) is 0 Å². The predicted octanol–water partition coefficient (Wildman–Crippen LogP) is 1.96. The van der Waals surface area contributed by atoms with E-state index in [1.165, 1.54) is 12.3 Å². The minimum atomic E-state index is -0.332. The monoisotopic (exact) mass is 207 g/mol. The van der Waals surface area contributed by atoms with E-state index < -0.39 is 0 Å². The highest BCUT2D eigenvalue weighted by Crippen LogP contribution is 2.05. The molecule has 15 heavy (non-hydrogen) atoms. The SMILES string of the molecule is CCCN(CC#N)Cc1cncc(F)c1. The fourth-order valence-electron chi connectivity index (χ4n) is 1.43. The third-order valence-corrected chi connectivity index (χ3v) is 2.00. The summed E-state index contributed by atoms with van der Waals surface area (Å²) in [6.45, 7) is 3.83. The van der Waals surface area contributed by atoms with Crippen molar-refractivity contribution in [3.05, 3.63) is 29.8 Å². The van der Waals surface area contributed by atoms with Gasteiger partial charge in [-0.3, -0.25) is 9.88 Å². The van der Waals surface area contributed by atoms with Gasteiger partial charge in [0.25, 0.3) is 0 Å². The van der Waals surface area contributed by atoms with Crippen molar-refractivity contribution in [2.45, 2.75) is 19.9 Å². The number of hydrogen-bond donors (Lipinski definition) is 0. The molecule has 0 atom stereocenters. The highest BCUT2D eigenvalue weighted by atomic mass is 19.1. The third-order valence-electron chi connectivity index (χ3n) is 2.00. The lowest BCUT2D eigenvalue weighted by Crippen LogP contribution is -2.24. The quantitative estimate of drug-likeness (QED) is 0.693. The van der Waals surface area contributed by atoms with Crippen molar-refractivity contribution >= 4 is 0 Å². The Balaban J connectivity index is 2.61. The van der Waals surface area contributed by atoms with Gasteiger partial charge in [-0.25, -0.2) is 4.39 Å². The van der Waals surface area contributed by atoms with E-state index in [0.717, 1.165) is 18.5 Å². The molecule has 0 bridgehead atoms. The molecule has 1 rings (SSSR count). The highest BCUT2D eigenvalue weighted by Gasteiger charge is 2.05. The molecule has 0 radical (unpaired) electrons. The van der Waals surface area contributed by atoms with E-state index >= 15 is 0 Å². The molecule has 0 aliphatic heterocycles. The fourth-order valence-corrected chi connectivity index (χ4v) is 1.43. The average molecular weight is 207 g/mol. The lowest BCUT2D eigenvalue weighted by molar-refractivity contribution is 0.297. The predicted molar refractivity (Wildman–Crippen MR) is 55.4 cm³/mol. The minimum absolute atomic E-state index is 0.332. The number of pyridine rings is 1. The van der Waals surface area contributed by atoms with Gasteiger partial charge in [-0.05, 0) is 24.6 Å². The van der Waals surface area contributed by atoms with E-state index in [4.69, 9.17) is 5.26 Å². The zero-order valence-electron chi connectivity index (χ0n) is 8.78. The molecule has 1 heterocycles. The molecular weight excluding hydrogens is 193 g/mol. The van der Waals surface area contributed by atoms with Crippen LogP contribution in [0.1, 0.15) is 18.9 Å². The van der Waals surface area contributed by atoms with Crippen molar-refractivity contribution in [3.63, 3.8) is 0 Å². The van der Waals surface area contributed by atoms with Gasteiger partial charge in [0.05, 0.1) is 18.8 Å². The van der Waals surface area contributed by atoms with Crippen LogP contribution in [0.4, 0.5) is 4.39 Å². The van der Waals surface area contributed by atoms with Gasteiger partial charge < -0.3 is 0 Å². The maximum atomic E-state index is 12.8. The lowest BCUT2D eigenvalue weighted by Gasteiger charge is -2.17. The summed E-state index contributed by atoms with van der Waals surface area (Å²) in [5, 5.41) is 8.61. The summed E-state index contributed by atoms with van der Waals surface area (Å²) in [6, 6.07) is 3.55. The standard InChI is InChI=1S/C11H14FN3/c1-2-4-15(5-3-13)9-10-6-11(12)8-14-7-10/h6-8H,2,4-5,9H2,1H3. The maximum absolute atomic E-state index is 12.8. The molecule has 1 aromatic rings. The first-order chi connectivity index (χ1) is 7.26. The van der Waals surface area contributed by atoms with Crippen molar-refractivity contribution in [1.29, 1.82) is 5.26 Å². The van der Waals surface area contributed by atoms with E-state index in [1.807, 2.05) is 11.8 Å². The molecule has 0 spiro atoms. The Morgan fingerprint density at radius 2 is 2.33 bits per heavy atom. The number of aromatic nitrogens is 1. The van der Waals surface area contributed by atoms with Crippen LogP contribution in [0.25, 0.3) is 0 Å². The molecule has 4 heteroatoms. The molecule has 0 saturated carbocycles. The zero-order valence-corrected chi connectivity index (χ0v) is 8.78. The Morgan fingerprint density at radius 3 is 2.93 bits per heavy atom. The first-order valence-corrected chi connectivity index (χ1v) is 4.95. The van der Waals surface area contributed by atoms with Gasteiger partial charge >= 0.3 is 0 Å². The number of halogens is 1. The number of nitriles is 1. The summed E-state index contributed by atoms with van der Waals surface area (Å²) >= 11 is 0. The molecule has 80 valence electrons. The van der Waals surface area contributed by atoms with Crippen LogP contribution in [0.15, 0.2) is 18.5 Å². The Morgan fingerprint density at radius 1 is 1.53 bits per heavy atom. The van der Waals surface area contributed by atoms with Crippen LogP contribution in [-0.4, -0.2) is 23.0 Å². The number of rotatable bonds is 5. The summed E-state index contributed by atoms with van der Waals surface area (Å²) in [7, 11) is 0. The van der Waals surface area contributed by atoms with Crippen LogP contribution in [0.5, 0.6) is 0 Å². The molecule has 0 unspecified atom stereocenters.